The molecule has 0 atom stereocenters. The molecular weight excluding hydrogens is 396 g/mol. The van der Waals surface area contributed by atoms with Crippen molar-refractivity contribution in [3.05, 3.63) is 115 Å². The molecule has 0 aromatic rings. The monoisotopic (exact) mass is 414 g/mol. The molecule has 0 fully saturated rings. The molecule has 0 aromatic carbocycles. The molecule has 6 nitrogen and oxygen atoms in total. The summed E-state index contributed by atoms with van der Waals surface area (Å²) in [6.45, 7) is 8.08. The largest absolute Gasteiger partial charge is 0.355 e. The van der Waals surface area contributed by atoms with Gasteiger partial charge in [-0.2, -0.15) is 0 Å². The molecule has 2 aliphatic carbocycles. The summed E-state index contributed by atoms with van der Waals surface area (Å²) in [5.41, 5.74) is 2.75. The Labute approximate surface area is 181 Å². The van der Waals surface area contributed by atoms with Gasteiger partial charge >= 0.3 is 0 Å². The fourth-order valence-corrected chi connectivity index (χ4v) is 3.92. The maximum atomic E-state index is 4.63. The first-order chi connectivity index (χ1) is 15.6. The molecule has 152 valence electrons. The van der Waals surface area contributed by atoms with Crippen LogP contribution in [-0.2, 0) is 0 Å². The second-order valence-corrected chi connectivity index (χ2v) is 7.75. The van der Waals surface area contributed by atoms with Gasteiger partial charge in [-0.3, -0.25) is 4.98 Å². The zero-order chi connectivity index (χ0) is 21.7. The number of aromatic amines is 2. The molecule has 4 heterocycles. The highest BCUT2D eigenvalue weighted by Gasteiger charge is 2.12. The van der Waals surface area contributed by atoms with E-state index in [0.29, 0.717) is 17.1 Å². The zero-order valence-corrected chi connectivity index (χ0v) is 17.1. The van der Waals surface area contributed by atoms with Crippen molar-refractivity contribution in [3.63, 3.8) is 0 Å². The van der Waals surface area contributed by atoms with Gasteiger partial charge in [0.1, 0.15) is 17.1 Å². The molecule has 0 amide bonds. The van der Waals surface area contributed by atoms with Crippen molar-refractivity contribution < 1.29 is 0 Å². The quantitative estimate of drug-likeness (QED) is 0.442. The molecule has 0 aromatic heterocycles. The third-order valence-electron chi connectivity index (χ3n) is 5.60. The highest BCUT2D eigenvalue weighted by atomic mass is 15.1. The standard InChI is InChI=1S/C26H18N6/c1-15-3-9-22-20(15)7-5-17(29-22)11-19-13-28-26-24(31-32-25(26)14-27-19)12-18-6-8-21-16(2)4-10-23(21)30-18/h3-14,29-30H,1-2H2/b17-11+,18-12+. The van der Waals surface area contributed by atoms with Gasteiger partial charge in [0, 0.05) is 31.8 Å². The Morgan fingerprint density at radius 2 is 1.31 bits per heavy atom. The van der Waals surface area contributed by atoms with Crippen LogP contribution in [0.15, 0.2) is 60.9 Å². The number of H-pyrrole nitrogens is 2. The lowest BCUT2D eigenvalue weighted by Crippen LogP contribution is -2.08. The fourth-order valence-electron chi connectivity index (χ4n) is 3.92. The first-order valence-electron chi connectivity index (χ1n) is 10.2. The Kier molecular flexibility index (Phi) is 3.98. The summed E-state index contributed by atoms with van der Waals surface area (Å²) in [4.78, 5) is 16.0. The minimum atomic E-state index is 0.641. The van der Waals surface area contributed by atoms with Gasteiger partial charge in [0.05, 0.1) is 18.1 Å². The van der Waals surface area contributed by atoms with Crippen LogP contribution in [0, 0.1) is 21.1 Å². The smallest absolute Gasteiger partial charge is 0.132 e. The topological polar surface area (TPSA) is 83.1 Å². The summed E-state index contributed by atoms with van der Waals surface area (Å²) >= 11 is 0. The van der Waals surface area contributed by atoms with E-state index in [0.717, 1.165) is 48.0 Å². The van der Waals surface area contributed by atoms with E-state index in [2.05, 4.69) is 55.4 Å². The van der Waals surface area contributed by atoms with E-state index >= 15 is 0 Å². The van der Waals surface area contributed by atoms with E-state index in [1.54, 1.807) is 12.4 Å². The molecule has 0 saturated heterocycles. The average Bonchev–Trinajstić information content (AvgIpc) is 3.43. The number of hydrogen-bond acceptors (Lipinski definition) is 4. The van der Waals surface area contributed by atoms with Gasteiger partial charge in [-0.1, -0.05) is 37.4 Å². The van der Waals surface area contributed by atoms with Crippen LogP contribution >= 0.6 is 0 Å². The summed E-state index contributed by atoms with van der Waals surface area (Å²) in [5, 5.41) is 16.7. The minimum Gasteiger partial charge on any atom is -0.355 e. The van der Waals surface area contributed by atoms with Crippen molar-refractivity contribution in [2.75, 3.05) is 0 Å². The SMILES string of the molecule is C=c1ccc2[nH]/c(=C/c3cnc4c(/C=c5\ccc6c(=C)ccc=6[nH]5)nnc-4cn3)ccc1=2. The van der Waals surface area contributed by atoms with Crippen LogP contribution in [0.25, 0.3) is 36.7 Å². The molecule has 0 bridgehead atoms. The summed E-state index contributed by atoms with van der Waals surface area (Å²) < 4.78 is 0. The summed E-state index contributed by atoms with van der Waals surface area (Å²) in [5.74, 6) is 0. The van der Waals surface area contributed by atoms with Crippen LogP contribution in [0.1, 0.15) is 11.4 Å². The van der Waals surface area contributed by atoms with Crippen molar-refractivity contribution in [1.29, 1.82) is 0 Å². The van der Waals surface area contributed by atoms with Crippen LogP contribution in [-0.4, -0.2) is 30.1 Å². The molecule has 2 N–H and O–H groups in total. The van der Waals surface area contributed by atoms with Crippen LogP contribution in [0.4, 0.5) is 0 Å². The Bertz CT molecular complexity index is 1930. The third kappa shape index (κ3) is 3.06. The highest BCUT2D eigenvalue weighted by Crippen LogP contribution is 2.18. The van der Waals surface area contributed by atoms with E-state index in [4.69, 9.17) is 0 Å². The van der Waals surface area contributed by atoms with Crippen LogP contribution in [0.3, 0.4) is 0 Å². The summed E-state index contributed by atoms with van der Waals surface area (Å²) in [6, 6.07) is 16.2. The Morgan fingerprint density at radius 3 is 2.00 bits per heavy atom. The molecule has 32 heavy (non-hydrogen) atoms. The maximum Gasteiger partial charge on any atom is 0.132 e. The lowest BCUT2D eigenvalue weighted by atomic mass is 10.2. The Morgan fingerprint density at radius 1 is 0.656 bits per heavy atom. The zero-order valence-electron chi connectivity index (χ0n) is 17.1. The molecule has 0 unspecified atom stereocenters. The first kappa shape index (κ1) is 18.2. The first-order valence-corrected chi connectivity index (χ1v) is 10.2. The van der Waals surface area contributed by atoms with E-state index in [-0.39, 0.29) is 0 Å². The predicted molar refractivity (Wildman–Crippen MR) is 123 cm³/mol. The van der Waals surface area contributed by atoms with Crippen molar-refractivity contribution in [1.82, 2.24) is 30.1 Å². The number of rotatable bonds is 2. The molecule has 6 aliphatic rings. The lowest BCUT2D eigenvalue weighted by Gasteiger charge is -1.92. The van der Waals surface area contributed by atoms with Gasteiger partial charge in [0.25, 0.3) is 0 Å². The normalized spacial score (nSPS) is 13.0. The number of nitrogens with zero attached hydrogens (tertiary/aromatic N) is 4. The van der Waals surface area contributed by atoms with Crippen molar-refractivity contribution >= 4 is 25.3 Å². The van der Waals surface area contributed by atoms with Crippen molar-refractivity contribution in [2.45, 2.75) is 0 Å². The van der Waals surface area contributed by atoms with Gasteiger partial charge < -0.3 is 9.97 Å². The molecule has 6 heteroatoms. The van der Waals surface area contributed by atoms with Crippen LogP contribution in [0.5, 0.6) is 0 Å². The number of hydrogen-bond donors (Lipinski definition) is 2. The second kappa shape index (κ2) is 6.99. The van der Waals surface area contributed by atoms with Gasteiger partial charge in [-0.25, -0.2) is 4.98 Å². The number of fused-ring (bicyclic) bond motifs is 1. The van der Waals surface area contributed by atoms with Gasteiger partial charge in [0.15, 0.2) is 0 Å². The highest BCUT2D eigenvalue weighted by molar-refractivity contribution is 5.67. The third-order valence-corrected chi connectivity index (χ3v) is 5.60. The molecular formula is C26H18N6. The minimum absolute atomic E-state index is 0.641. The molecule has 0 spiro atoms. The average molecular weight is 414 g/mol. The predicted octanol–water partition coefficient (Wildman–Crippen LogP) is 0.955. The molecule has 4 aliphatic heterocycles. The van der Waals surface area contributed by atoms with Crippen LogP contribution < -0.4 is 21.1 Å². The number of aromatic nitrogens is 6. The van der Waals surface area contributed by atoms with Gasteiger partial charge in [-0.15, -0.1) is 10.2 Å². The van der Waals surface area contributed by atoms with Crippen LogP contribution in [0.2, 0.25) is 0 Å². The fraction of sp³-hybridized carbons (Fsp3) is 0. The Balaban J connectivity index is 1.44. The Hall–Kier alpha value is -4.58. The lowest BCUT2D eigenvalue weighted by molar-refractivity contribution is 1.08. The molecule has 0 saturated carbocycles. The van der Waals surface area contributed by atoms with E-state index in [1.165, 1.54) is 0 Å². The second-order valence-electron chi connectivity index (χ2n) is 7.75. The van der Waals surface area contributed by atoms with Gasteiger partial charge in [0.2, 0.25) is 0 Å². The number of nitrogens with one attached hydrogen (secondary N) is 2. The summed E-state index contributed by atoms with van der Waals surface area (Å²) in [7, 11) is 0. The molecule has 0 radical (unpaired) electrons. The van der Waals surface area contributed by atoms with Crippen molar-refractivity contribution in [2.24, 2.45) is 0 Å². The summed E-state index contributed by atoms with van der Waals surface area (Å²) in [6.07, 6.45) is 7.32. The van der Waals surface area contributed by atoms with Crippen molar-refractivity contribution in [3.8, 4) is 11.4 Å². The molecule has 6 rings (SSSR count). The van der Waals surface area contributed by atoms with E-state index in [1.807, 2.05) is 48.6 Å². The van der Waals surface area contributed by atoms with E-state index in [9.17, 15) is 0 Å². The maximum absolute atomic E-state index is 4.63. The van der Waals surface area contributed by atoms with Gasteiger partial charge in [-0.05, 0) is 46.9 Å². The van der Waals surface area contributed by atoms with E-state index < -0.39 is 0 Å².